The van der Waals surface area contributed by atoms with E-state index in [1.54, 1.807) is 6.26 Å². The summed E-state index contributed by atoms with van der Waals surface area (Å²) in [5.74, 6) is 2.70. The fraction of sp³-hybridized carbons (Fsp3) is 0.750. The van der Waals surface area contributed by atoms with Crippen molar-refractivity contribution in [3.63, 3.8) is 0 Å². The lowest BCUT2D eigenvalue weighted by atomic mass is 9.78. The summed E-state index contributed by atoms with van der Waals surface area (Å²) in [5.41, 5.74) is 6.07. The smallest absolute Gasteiger partial charge is 0.117 e. The normalized spacial score (nSPS) is 25.7. The van der Waals surface area contributed by atoms with E-state index in [4.69, 9.17) is 10.2 Å². The molecule has 1 aromatic rings. The van der Waals surface area contributed by atoms with Gasteiger partial charge in [-0.1, -0.05) is 26.7 Å². The zero-order chi connectivity index (χ0) is 13.7. The fourth-order valence-corrected chi connectivity index (χ4v) is 3.38. The standard InChI is InChI=1S/C16H28N2O/c1-3-18(12-15-5-4-10-19-15)16(11-17)14-8-6-13(2)7-9-14/h4-5,10,13-14,16H,3,6-9,11-12,17H2,1-2H3. The molecule has 1 atom stereocenters. The Hall–Kier alpha value is -0.800. The highest BCUT2D eigenvalue weighted by atomic mass is 16.3. The van der Waals surface area contributed by atoms with Crippen molar-refractivity contribution in [1.82, 2.24) is 4.90 Å². The maximum absolute atomic E-state index is 6.07. The average Bonchev–Trinajstić information content (AvgIpc) is 2.93. The Kier molecular flexibility index (Phi) is 5.46. The van der Waals surface area contributed by atoms with Crippen molar-refractivity contribution >= 4 is 0 Å². The molecule has 1 unspecified atom stereocenters. The van der Waals surface area contributed by atoms with Gasteiger partial charge in [0.1, 0.15) is 5.76 Å². The van der Waals surface area contributed by atoms with E-state index < -0.39 is 0 Å². The summed E-state index contributed by atoms with van der Waals surface area (Å²) in [5, 5.41) is 0. The molecule has 1 aliphatic carbocycles. The van der Waals surface area contributed by atoms with Gasteiger partial charge in [0.05, 0.1) is 12.8 Å². The molecule has 0 bridgehead atoms. The Morgan fingerprint density at radius 2 is 2.11 bits per heavy atom. The molecule has 108 valence electrons. The van der Waals surface area contributed by atoms with Crippen molar-refractivity contribution in [3.8, 4) is 0 Å². The van der Waals surface area contributed by atoms with Crippen LogP contribution in [0.5, 0.6) is 0 Å². The summed E-state index contributed by atoms with van der Waals surface area (Å²) in [6, 6.07) is 4.52. The van der Waals surface area contributed by atoms with Gasteiger partial charge < -0.3 is 10.2 Å². The van der Waals surface area contributed by atoms with Gasteiger partial charge in [-0.2, -0.15) is 0 Å². The zero-order valence-corrected chi connectivity index (χ0v) is 12.3. The summed E-state index contributed by atoms with van der Waals surface area (Å²) >= 11 is 0. The molecule has 0 aliphatic heterocycles. The van der Waals surface area contributed by atoms with Crippen LogP contribution in [0.3, 0.4) is 0 Å². The monoisotopic (exact) mass is 264 g/mol. The van der Waals surface area contributed by atoms with Crippen LogP contribution in [0.4, 0.5) is 0 Å². The predicted octanol–water partition coefficient (Wildman–Crippen LogP) is 3.26. The highest BCUT2D eigenvalue weighted by molar-refractivity contribution is 4.99. The molecule has 1 fully saturated rings. The van der Waals surface area contributed by atoms with Crippen LogP contribution < -0.4 is 5.73 Å². The van der Waals surface area contributed by atoms with E-state index in [1.807, 2.05) is 6.07 Å². The molecule has 0 aromatic carbocycles. The second-order valence-corrected chi connectivity index (χ2v) is 5.97. The quantitative estimate of drug-likeness (QED) is 0.857. The molecule has 0 amide bonds. The molecule has 0 radical (unpaired) electrons. The van der Waals surface area contributed by atoms with Gasteiger partial charge in [0, 0.05) is 12.6 Å². The van der Waals surface area contributed by atoms with E-state index in [0.29, 0.717) is 6.04 Å². The van der Waals surface area contributed by atoms with Crippen molar-refractivity contribution < 1.29 is 4.42 Å². The minimum Gasteiger partial charge on any atom is -0.468 e. The zero-order valence-electron chi connectivity index (χ0n) is 12.3. The highest BCUT2D eigenvalue weighted by Crippen LogP contribution is 2.32. The topological polar surface area (TPSA) is 42.4 Å². The minimum atomic E-state index is 0.502. The van der Waals surface area contributed by atoms with Crippen LogP contribution in [0.1, 0.15) is 45.3 Å². The van der Waals surface area contributed by atoms with Gasteiger partial charge in [0.2, 0.25) is 0 Å². The van der Waals surface area contributed by atoms with Crippen molar-refractivity contribution in [1.29, 1.82) is 0 Å². The SMILES string of the molecule is CCN(Cc1ccco1)C(CN)C1CCC(C)CC1. The third-order valence-electron chi connectivity index (χ3n) is 4.66. The molecule has 1 aromatic heterocycles. The van der Waals surface area contributed by atoms with Gasteiger partial charge in [-0.25, -0.2) is 0 Å². The maximum atomic E-state index is 6.07. The summed E-state index contributed by atoms with van der Waals surface area (Å²) in [6.45, 7) is 7.27. The first-order chi connectivity index (χ1) is 9.24. The van der Waals surface area contributed by atoms with Crippen LogP contribution in [0.2, 0.25) is 0 Å². The van der Waals surface area contributed by atoms with Gasteiger partial charge in [-0.3, -0.25) is 4.90 Å². The lowest BCUT2D eigenvalue weighted by Crippen LogP contribution is -2.46. The van der Waals surface area contributed by atoms with Gasteiger partial charge in [-0.15, -0.1) is 0 Å². The molecular formula is C16H28N2O. The van der Waals surface area contributed by atoms with Gasteiger partial charge >= 0.3 is 0 Å². The van der Waals surface area contributed by atoms with E-state index in [-0.39, 0.29) is 0 Å². The molecule has 3 nitrogen and oxygen atoms in total. The average molecular weight is 264 g/mol. The Morgan fingerprint density at radius 3 is 2.63 bits per heavy atom. The molecule has 2 N–H and O–H groups in total. The summed E-state index contributed by atoms with van der Waals surface area (Å²) in [6.07, 6.45) is 7.14. The fourth-order valence-electron chi connectivity index (χ4n) is 3.38. The summed E-state index contributed by atoms with van der Waals surface area (Å²) in [4.78, 5) is 2.49. The molecule has 3 heteroatoms. The van der Waals surface area contributed by atoms with Gasteiger partial charge in [0.25, 0.3) is 0 Å². The van der Waals surface area contributed by atoms with Crippen molar-refractivity contribution in [2.75, 3.05) is 13.1 Å². The van der Waals surface area contributed by atoms with E-state index in [0.717, 1.165) is 37.2 Å². The van der Waals surface area contributed by atoms with Crippen molar-refractivity contribution in [2.24, 2.45) is 17.6 Å². The highest BCUT2D eigenvalue weighted by Gasteiger charge is 2.29. The molecule has 2 rings (SSSR count). The largest absolute Gasteiger partial charge is 0.468 e. The number of likely N-dealkylation sites (N-methyl/N-ethyl adjacent to an activating group) is 1. The van der Waals surface area contributed by atoms with Gasteiger partial charge in [-0.05, 0) is 43.4 Å². The van der Waals surface area contributed by atoms with Gasteiger partial charge in [0.15, 0.2) is 0 Å². The number of nitrogens with zero attached hydrogens (tertiary/aromatic N) is 1. The maximum Gasteiger partial charge on any atom is 0.117 e. The molecule has 1 heterocycles. The van der Waals surface area contributed by atoms with Crippen LogP contribution in [0.25, 0.3) is 0 Å². The number of hydrogen-bond acceptors (Lipinski definition) is 3. The van der Waals surface area contributed by atoms with Crippen LogP contribution in [-0.2, 0) is 6.54 Å². The number of rotatable bonds is 6. The van der Waals surface area contributed by atoms with Crippen LogP contribution >= 0.6 is 0 Å². The first kappa shape index (κ1) is 14.6. The van der Waals surface area contributed by atoms with E-state index in [2.05, 4.69) is 24.8 Å². The van der Waals surface area contributed by atoms with Crippen molar-refractivity contribution in [2.45, 2.75) is 52.1 Å². The van der Waals surface area contributed by atoms with Crippen LogP contribution in [0.15, 0.2) is 22.8 Å². The number of furan rings is 1. The summed E-state index contributed by atoms with van der Waals surface area (Å²) in [7, 11) is 0. The molecule has 0 saturated heterocycles. The van der Waals surface area contributed by atoms with E-state index >= 15 is 0 Å². The van der Waals surface area contributed by atoms with Crippen molar-refractivity contribution in [3.05, 3.63) is 24.2 Å². The molecule has 1 aliphatic rings. The minimum absolute atomic E-state index is 0.502. The Bertz CT molecular complexity index is 342. The lowest BCUT2D eigenvalue weighted by Gasteiger charge is -2.38. The van der Waals surface area contributed by atoms with Crippen LogP contribution in [-0.4, -0.2) is 24.0 Å². The third-order valence-corrected chi connectivity index (χ3v) is 4.66. The number of hydrogen-bond donors (Lipinski definition) is 1. The molecule has 19 heavy (non-hydrogen) atoms. The first-order valence-electron chi connectivity index (χ1n) is 7.71. The molecular weight excluding hydrogens is 236 g/mol. The number of nitrogens with two attached hydrogens (primary N) is 1. The van der Waals surface area contributed by atoms with E-state index in [1.165, 1.54) is 25.7 Å². The second-order valence-electron chi connectivity index (χ2n) is 5.97. The first-order valence-corrected chi connectivity index (χ1v) is 7.71. The van der Waals surface area contributed by atoms with E-state index in [9.17, 15) is 0 Å². The molecule has 0 spiro atoms. The van der Waals surface area contributed by atoms with Crippen LogP contribution in [0, 0.1) is 11.8 Å². The second kappa shape index (κ2) is 7.11. The Balaban J connectivity index is 1.97. The Labute approximate surface area is 117 Å². The third kappa shape index (κ3) is 3.83. The molecule has 1 saturated carbocycles. The Morgan fingerprint density at radius 1 is 1.37 bits per heavy atom. The summed E-state index contributed by atoms with van der Waals surface area (Å²) < 4.78 is 5.48. The predicted molar refractivity (Wildman–Crippen MR) is 78.8 cm³/mol. The lowest BCUT2D eigenvalue weighted by molar-refractivity contribution is 0.104.